The van der Waals surface area contributed by atoms with Crippen molar-refractivity contribution in [3.8, 4) is 11.8 Å². The van der Waals surface area contributed by atoms with Gasteiger partial charge in [-0.05, 0) is 81.1 Å². The number of hydrogen-bond acceptors (Lipinski definition) is 0. The van der Waals surface area contributed by atoms with Crippen molar-refractivity contribution < 1.29 is 0 Å². The van der Waals surface area contributed by atoms with Crippen molar-refractivity contribution >= 4 is 0 Å². The van der Waals surface area contributed by atoms with Gasteiger partial charge in [0.2, 0.25) is 0 Å². The van der Waals surface area contributed by atoms with E-state index in [1.807, 2.05) is 0 Å². The summed E-state index contributed by atoms with van der Waals surface area (Å²) in [6, 6.07) is 8.67. The molecule has 2 rings (SSSR count). The molecule has 122 valence electrons. The number of rotatable bonds is 5. The maximum Gasteiger partial charge on any atom is 0.0249 e. The molecule has 1 aromatic carbocycles. The summed E-state index contributed by atoms with van der Waals surface area (Å²) < 4.78 is 0. The highest BCUT2D eigenvalue weighted by Crippen LogP contribution is 2.31. The Hall–Kier alpha value is -1.74. The summed E-state index contributed by atoms with van der Waals surface area (Å²) in [5.41, 5.74) is 2.52. The van der Waals surface area contributed by atoms with Crippen molar-refractivity contribution in [2.75, 3.05) is 0 Å². The molecule has 0 atom stereocenters. The quantitative estimate of drug-likeness (QED) is 0.441. The van der Waals surface area contributed by atoms with Crippen LogP contribution in [-0.4, -0.2) is 0 Å². The first-order chi connectivity index (χ1) is 11.3. The first-order valence-electron chi connectivity index (χ1n) is 9.20. The number of hydrogen-bond donors (Lipinski definition) is 0. The van der Waals surface area contributed by atoms with Gasteiger partial charge in [0, 0.05) is 5.56 Å². The molecule has 0 bridgehead atoms. The van der Waals surface area contributed by atoms with Gasteiger partial charge in [-0.1, -0.05) is 55.5 Å². The average Bonchev–Trinajstić information content (AvgIpc) is 2.59. The van der Waals surface area contributed by atoms with Crippen LogP contribution in [-0.2, 0) is 6.42 Å². The largest absolute Gasteiger partial charge is 0.0917 e. The van der Waals surface area contributed by atoms with Crippen LogP contribution < -0.4 is 0 Å². The Kier molecular flexibility index (Phi) is 7.74. The SMILES string of the molecule is C/C=C/CC1CCC(/C=C/C#Cc2ccc(CCC)cc2)CC1. The first-order valence-corrected chi connectivity index (χ1v) is 9.20. The van der Waals surface area contributed by atoms with Crippen molar-refractivity contribution in [3.05, 3.63) is 59.7 Å². The van der Waals surface area contributed by atoms with Crippen LogP contribution in [0.3, 0.4) is 0 Å². The molecule has 0 heteroatoms. The van der Waals surface area contributed by atoms with Crippen LogP contribution in [0.5, 0.6) is 0 Å². The summed E-state index contributed by atoms with van der Waals surface area (Å²) >= 11 is 0. The maximum absolute atomic E-state index is 3.24. The molecule has 0 aromatic heterocycles. The fraction of sp³-hybridized carbons (Fsp3) is 0.478. The topological polar surface area (TPSA) is 0 Å². The van der Waals surface area contributed by atoms with Crippen molar-refractivity contribution in [1.29, 1.82) is 0 Å². The summed E-state index contributed by atoms with van der Waals surface area (Å²) in [6.45, 7) is 4.33. The van der Waals surface area contributed by atoms with Gasteiger partial charge in [-0.2, -0.15) is 0 Å². The molecular weight excluding hydrogens is 276 g/mol. The Labute approximate surface area is 142 Å². The summed E-state index contributed by atoms with van der Waals surface area (Å²) in [5.74, 6) is 8.09. The zero-order valence-electron chi connectivity index (χ0n) is 14.7. The Morgan fingerprint density at radius 3 is 2.48 bits per heavy atom. The maximum atomic E-state index is 3.24. The number of aryl methyl sites for hydroxylation is 1. The van der Waals surface area contributed by atoms with Gasteiger partial charge < -0.3 is 0 Å². The van der Waals surface area contributed by atoms with Gasteiger partial charge in [0.1, 0.15) is 0 Å². The standard InChI is InChI=1S/C23H30/c1-3-5-9-21-16-18-23(19-17-21)11-7-6-10-22-14-12-20(8-4-2)13-15-22/h3,5,7,11-15,21,23H,4,8-9,16-19H2,1-2H3/b5-3+,11-7+. The van der Waals surface area contributed by atoms with Gasteiger partial charge in [-0.25, -0.2) is 0 Å². The normalized spacial score (nSPS) is 21.5. The molecule has 0 aliphatic heterocycles. The fourth-order valence-electron chi connectivity index (χ4n) is 3.30. The van der Waals surface area contributed by atoms with E-state index < -0.39 is 0 Å². The van der Waals surface area contributed by atoms with Crippen LogP contribution in [0.25, 0.3) is 0 Å². The molecule has 1 saturated carbocycles. The third kappa shape index (κ3) is 6.49. The van der Waals surface area contributed by atoms with Gasteiger partial charge in [-0.15, -0.1) is 0 Å². The van der Waals surface area contributed by atoms with Crippen LogP contribution in [0.15, 0.2) is 48.6 Å². The van der Waals surface area contributed by atoms with Crippen LogP contribution in [0, 0.1) is 23.7 Å². The van der Waals surface area contributed by atoms with Crippen molar-refractivity contribution in [3.63, 3.8) is 0 Å². The summed E-state index contributed by atoms with van der Waals surface area (Å²) in [5, 5.41) is 0. The smallest absolute Gasteiger partial charge is 0.0249 e. The average molecular weight is 306 g/mol. The lowest BCUT2D eigenvalue weighted by Crippen LogP contribution is -2.12. The van der Waals surface area contributed by atoms with Gasteiger partial charge in [0.25, 0.3) is 0 Å². The Morgan fingerprint density at radius 1 is 1.09 bits per heavy atom. The van der Waals surface area contributed by atoms with Gasteiger partial charge in [0.05, 0.1) is 0 Å². The fourth-order valence-corrected chi connectivity index (χ4v) is 3.30. The van der Waals surface area contributed by atoms with E-state index >= 15 is 0 Å². The molecule has 0 N–H and O–H groups in total. The summed E-state index contributed by atoms with van der Waals surface area (Å²) in [6.07, 6.45) is 17.9. The third-order valence-corrected chi connectivity index (χ3v) is 4.76. The molecular formula is C23H30. The molecule has 0 radical (unpaired) electrons. The minimum atomic E-state index is 0.734. The second-order valence-corrected chi connectivity index (χ2v) is 6.66. The van der Waals surface area contributed by atoms with Crippen molar-refractivity contribution in [1.82, 2.24) is 0 Å². The monoisotopic (exact) mass is 306 g/mol. The van der Waals surface area contributed by atoms with E-state index in [2.05, 4.69) is 74.3 Å². The minimum absolute atomic E-state index is 0.734. The molecule has 1 aliphatic rings. The van der Waals surface area contributed by atoms with Crippen molar-refractivity contribution in [2.45, 2.75) is 58.8 Å². The molecule has 1 aliphatic carbocycles. The molecule has 0 spiro atoms. The second kappa shape index (κ2) is 10.1. The molecule has 0 saturated heterocycles. The second-order valence-electron chi connectivity index (χ2n) is 6.66. The van der Waals surface area contributed by atoms with Crippen LogP contribution in [0.1, 0.15) is 63.5 Å². The van der Waals surface area contributed by atoms with Gasteiger partial charge in [0.15, 0.2) is 0 Å². The minimum Gasteiger partial charge on any atom is -0.0917 e. The van der Waals surface area contributed by atoms with Crippen LogP contribution in [0.2, 0.25) is 0 Å². The van der Waals surface area contributed by atoms with E-state index in [1.54, 1.807) is 0 Å². The molecule has 1 aromatic rings. The Bertz CT molecular complexity index is 554. The van der Waals surface area contributed by atoms with Gasteiger partial charge in [-0.3, -0.25) is 0 Å². The van der Waals surface area contributed by atoms with Crippen molar-refractivity contribution in [2.24, 2.45) is 11.8 Å². The lowest BCUT2D eigenvalue weighted by Gasteiger charge is -2.25. The highest BCUT2D eigenvalue weighted by atomic mass is 14.2. The van der Waals surface area contributed by atoms with E-state index in [-0.39, 0.29) is 0 Å². The zero-order valence-corrected chi connectivity index (χ0v) is 14.7. The number of benzene rings is 1. The van der Waals surface area contributed by atoms with E-state index in [4.69, 9.17) is 0 Å². The molecule has 0 heterocycles. The lowest BCUT2D eigenvalue weighted by molar-refractivity contribution is 0.312. The first kappa shape index (κ1) is 17.6. The van der Waals surface area contributed by atoms with E-state index in [1.165, 1.54) is 44.1 Å². The highest BCUT2D eigenvalue weighted by Gasteiger charge is 2.17. The van der Waals surface area contributed by atoms with Crippen LogP contribution in [0.4, 0.5) is 0 Å². The molecule has 0 unspecified atom stereocenters. The summed E-state index contributed by atoms with van der Waals surface area (Å²) in [7, 11) is 0. The predicted octanol–water partition coefficient (Wildman–Crippen LogP) is 6.32. The predicted molar refractivity (Wildman–Crippen MR) is 101 cm³/mol. The third-order valence-electron chi connectivity index (χ3n) is 4.76. The van der Waals surface area contributed by atoms with Gasteiger partial charge >= 0.3 is 0 Å². The van der Waals surface area contributed by atoms with E-state index in [0.29, 0.717) is 0 Å². The Morgan fingerprint density at radius 2 is 1.83 bits per heavy atom. The molecule has 1 fully saturated rings. The van der Waals surface area contributed by atoms with E-state index in [9.17, 15) is 0 Å². The Balaban J connectivity index is 1.77. The number of allylic oxidation sites excluding steroid dienone is 4. The summed E-state index contributed by atoms with van der Waals surface area (Å²) in [4.78, 5) is 0. The highest BCUT2D eigenvalue weighted by molar-refractivity contribution is 5.38. The lowest BCUT2D eigenvalue weighted by atomic mass is 9.80. The van der Waals surface area contributed by atoms with E-state index in [0.717, 1.165) is 23.8 Å². The zero-order chi connectivity index (χ0) is 16.3. The molecule has 23 heavy (non-hydrogen) atoms. The van der Waals surface area contributed by atoms with Crippen LogP contribution >= 0.6 is 0 Å². The molecule has 0 nitrogen and oxygen atoms in total. The molecule has 0 amide bonds.